The van der Waals surface area contributed by atoms with Crippen molar-refractivity contribution in [2.75, 3.05) is 0 Å². The molecule has 0 spiro atoms. The first-order valence-electron chi connectivity index (χ1n) is 8.94. The van der Waals surface area contributed by atoms with E-state index in [1.54, 1.807) is 18.3 Å². The van der Waals surface area contributed by atoms with Gasteiger partial charge in [-0.25, -0.2) is 0 Å². The van der Waals surface area contributed by atoms with Gasteiger partial charge in [0.15, 0.2) is 5.76 Å². The van der Waals surface area contributed by atoms with Crippen LogP contribution in [0.1, 0.15) is 19.8 Å². The van der Waals surface area contributed by atoms with Crippen molar-refractivity contribution >= 4 is 21.9 Å². The number of phenols is 3. The molecule has 0 saturated carbocycles. The van der Waals surface area contributed by atoms with Crippen LogP contribution in [0.25, 0.3) is 33.2 Å². The third-order valence-electron chi connectivity index (χ3n) is 4.80. The molecule has 4 N–H and O–H groups in total. The fourth-order valence-electron chi connectivity index (χ4n) is 3.44. The van der Waals surface area contributed by atoms with Crippen LogP contribution in [0.2, 0.25) is 0 Å². The van der Waals surface area contributed by atoms with Crippen LogP contribution < -0.4 is 5.43 Å². The number of hydrogen-bond donors (Lipinski definition) is 4. The second kappa shape index (κ2) is 6.53. The number of aromatic nitrogens is 1. The fourth-order valence-corrected chi connectivity index (χ4v) is 3.44. The van der Waals surface area contributed by atoms with E-state index in [0.717, 1.165) is 31.0 Å². The minimum Gasteiger partial charge on any atom is -0.508 e. The maximum absolute atomic E-state index is 12.6. The first-order valence-corrected chi connectivity index (χ1v) is 8.94. The SMILES string of the molecule is CCCCn1cc(-c2oc3cc(O)cc(O)c3c(=O)c2O)c2cc(O)ccc21. The predicted molar refractivity (Wildman–Crippen MR) is 105 cm³/mol. The molecule has 0 fully saturated rings. The van der Waals surface area contributed by atoms with Gasteiger partial charge in [-0.1, -0.05) is 13.3 Å². The second-order valence-electron chi connectivity index (χ2n) is 6.74. The van der Waals surface area contributed by atoms with Crippen molar-refractivity contribution in [1.29, 1.82) is 0 Å². The van der Waals surface area contributed by atoms with Gasteiger partial charge in [-0.05, 0) is 24.6 Å². The third-order valence-corrected chi connectivity index (χ3v) is 4.80. The zero-order valence-corrected chi connectivity index (χ0v) is 15.1. The fraction of sp³-hybridized carbons (Fsp3) is 0.190. The van der Waals surface area contributed by atoms with Gasteiger partial charge in [-0.15, -0.1) is 0 Å². The predicted octanol–water partition coefficient (Wildman–Crippen LogP) is 4.04. The molecule has 0 saturated heterocycles. The van der Waals surface area contributed by atoms with Crippen LogP contribution in [0.4, 0.5) is 0 Å². The molecule has 2 aromatic carbocycles. The van der Waals surface area contributed by atoms with Crippen molar-refractivity contribution in [3.8, 4) is 34.3 Å². The Kier molecular flexibility index (Phi) is 4.15. The van der Waals surface area contributed by atoms with Crippen LogP contribution in [0, 0.1) is 0 Å². The maximum atomic E-state index is 12.6. The summed E-state index contributed by atoms with van der Waals surface area (Å²) < 4.78 is 7.69. The van der Waals surface area contributed by atoms with Gasteiger partial charge in [-0.2, -0.15) is 0 Å². The van der Waals surface area contributed by atoms with Crippen molar-refractivity contribution < 1.29 is 24.8 Å². The molecule has 0 aliphatic heterocycles. The number of hydrogen-bond acceptors (Lipinski definition) is 6. The third kappa shape index (κ3) is 2.72. The Morgan fingerprint density at radius 1 is 1.04 bits per heavy atom. The normalized spacial score (nSPS) is 11.5. The average molecular weight is 381 g/mol. The minimum absolute atomic E-state index is 0.0416. The molecule has 28 heavy (non-hydrogen) atoms. The standard InChI is InChI=1S/C21H19NO6/c1-2-3-6-22-10-14(13-7-11(23)4-5-15(13)22)21-20(27)19(26)18-16(25)8-12(24)9-17(18)28-21/h4-5,7-10,23-25,27H,2-3,6H2,1H3. The monoisotopic (exact) mass is 381 g/mol. The van der Waals surface area contributed by atoms with E-state index in [4.69, 9.17) is 4.42 Å². The molecule has 4 aromatic rings. The lowest BCUT2D eigenvalue weighted by molar-refractivity contribution is 0.438. The molecule has 0 atom stereocenters. The summed E-state index contributed by atoms with van der Waals surface area (Å²) in [6.07, 6.45) is 3.67. The van der Waals surface area contributed by atoms with Crippen molar-refractivity contribution in [2.45, 2.75) is 26.3 Å². The Bertz CT molecular complexity index is 1270. The number of rotatable bonds is 4. The quantitative estimate of drug-likeness (QED) is 0.424. The van der Waals surface area contributed by atoms with E-state index in [1.165, 1.54) is 12.1 Å². The summed E-state index contributed by atoms with van der Waals surface area (Å²) in [6.45, 7) is 2.80. The van der Waals surface area contributed by atoms with E-state index < -0.39 is 16.9 Å². The van der Waals surface area contributed by atoms with Gasteiger partial charge < -0.3 is 29.4 Å². The van der Waals surface area contributed by atoms with Gasteiger partial charge in [0, 0.05) is 41.3 Å². The van der Waals surface area contributed by atoms with Crippen LogP contribution in [-0.2, 0) is 6.54 Å². The molecule has 144 valence electrons. The molecule has 2 heterocycles. The molecule has 0 aliphatic rings. The lowest BCUT2D eigenvalue weighted by Crippen LogP contribution is -2.03. The highest BCUT2D eigenvalue weighted by Crippen LogP contribution is 2.39. The van der Waals surface area contributed by atoms with Gasteiger partial charge in [0.2, 0.25) is 11.2 Å². The Labute approximate surface area is 159 Å². The van der Waals surface area contributed by atoms with E-state index in [9.17, 15) is 25.2 Å². The highest BCUT2D eigenvalue weighted by Gasteiger charge is 2.22. The summed E-state index contributed by atoms with van der Waals surface area (Å²) in [7, 11) is 0. The lowest BCUT2D eigenvalue weighted by atomic mass is 10.1. The van der Waals surface area contributed by atoms with Crippen LogP contribution in [-0.4, -0.2) is 25.0 Å². The van der Waals surface area contributed by atoms with Crippen molar-refractivity contribution in [2.24, 2.45) is 0 Å². The number of aryl methyl sites for hydroxylation is 1. The molecular formula is C21H19NO6. The largest absolute Gasteiger partial charge is 0.508 e. The van der Waals surface area contributed by atoms with Crippen LogP contribution in [0.15, 0.2) is 45.7 Å². The molecular weight excluding hydrogens is 362 g/mol. The molecule has 7 heteroatoms. The van der Waals surface area contributed by atoms with E-state index in [1.807, 2.05) is 4.57 Å². The van der Waals surface area contributed by atoms with Crippen molar-refractivity contribution in [3.05, 3.63) is 46.8 Å². The number of unbranched alkanes of at least 4 members (excludes halogenated alkanes) is 1. The van der Waals surface area contributed by atoms with Crippen LogP contribution in [0.3, 0.4) is 0 Å². The van der Waals surface area contributed by atoms with Gasteiger partial charge in [0.05, 0.1) is 0 Å². The summed E-state index contributed by atoms with van der Waals surface area (Å²) in [5.41, 5.74) is 0.400. The van der Waals surface area contributed by atoms with Gasteiger partial charge in [0.25, 0.3) is 0 Å². The highest BCUT2D eigenvalue weighted by atomic mass is 16.4. The summed E-state index contributed by atoms with van der Waals surface area (Å²) in [6, 6.07) is 7.08. The van der Waals surface area contributed by atoms with E-state index in [0.29, 0.717) is 10.9 Å². The van der Waals surface area contributed by atoms with E-state index in [-0.39, 0.29) is 28.2 Å². The molecule has 0 aliphatic carbocycles. The average Bonchev–Trinajstić information content (AvgIpc) is 2.99. The molecule has 2 aromatic heterocycles. The summed E-state index contributed by atoms with van der Waals surface area (Å²) in [5.74, 6) is -1.44. The number of fused-ring (bicyclic) bond motifs is 2. The summed E-state index contributed by atoms with van der Waals surface area (Å²) >= 11 is 0. The number of benzene rings is 2. The first kappa shape index (κ1) is 17.8. The lowest BCUT2D eigenvalue weighted by Gasteiger charge is -2.07. The molecule has 0 amide bonds. The van der Waals surface area contributed by atoms with Gasteiger partial charge in [0.1, 0.15) is 28.2 Å². The van der Waals surface area contributed by atoms with E-state index >= 15 is 0 Å². The molecule has 0 bridgehead atoms. The Hall–Kier alpha value is -3.61. The van der Waals surface area contributed by atoms with E-state index in [2.05, 4.69) is 6.92 Å². The molecule has 0 unspecified atom stereocenters. The highest BCUT2D eigenvalue weighted by molar-refractivity contribution is 5.98. The molecule has 4 rings (SSSR count). The number of nitrogens with zero attached hydrogens (tertiary/aromatic N) is 1. The zero-order chi connectivity index (χ0) is 20.0. The first-order chi connectivity index (χ1) is 13.4. The van der Waals surface area contributed by atoms with Crippen LogP contribution >= 0.6 is 0 Å². The number of phenolic OH excluding ortho intramolecular Hbond substituents is 3. The molecule has 7 nitrogen and oxygen atoms in total. The topological polar surface area (TPSA) is 116 Å². The second-order valence-corrected chi connectivity index (χ2v) is 6.74. The Morgan fingerprint density at radius 3 is 2.57 bits per heavy atom. The summed E-state index contributed by atoms with van der Waals surface area (Å²) in [5, 5.41) is 40.5. The maximum Gasteiger partial charge on any atom is 0.238 e. The Morgan fingerprint density at radius 2 is 1.82 bits per heavy atom. The number of aromatic hydroxyl groups is 4. The zero-order valence-electron chi connectivity index (χ0n) is 15.1. The Balaban J connectivity index is 2.05. The van der Waals surface area contributed by atoms with Crippen LogP contribution in [0.5, 0.6) is 23.0 Å². The smallest absolute Gasteiger partial charge is 0.238 e. The minimum atomic E-state index is -0.802. The van der Waals surface area contributed by atoms with Crippen molar-refractivity contribution in [3.63, 3.8) is 0 Å². The van der Waals surface area contributed by atoms with Gasteiger partial charge >= 0.3 is 0 Å². The summed E-state index contributed by atoms with van der Waals surface area (Å²) in [4.78, 5) is 12.6. The van der Waals surface area contributed by atoms with Gasteiger partial charge in [-0.3, -0.25) is 4.79 Å². The molecule has 0 radical (unpaired) electrons. The van der Waals surface area contributed by atoms with Crippen molar-refractivity contribution in [1.82, 2.24) is 4.57 Å².